The summed E-state index contributed by atoms with van der Waals surface area (Å²) in [6.07, 6.45) is 7.02. The molecular formula is C23H29NO4. The number of nitrogens with zero attached hydrogens (tertiary/aromatic N) is 1. The minimum atomic E-state index is -0.937. The number of aliphatic carboxylic acids is 1. The molecule has 1 unspecified atom stereocenters. The van der Waals surface area contributed by atoms with Gasteiger partial charge in [-0.15, -0.1) is 4.91 Å². The van der Waals surface area contributed by atoms with E-state index < -0.39 is 5.97 Å². The highest BCUT2D eigenvalue weighted by Gasteiger charge is 2.06. The smallest absolute Gasteiger partial charge is 0.328 e. The first-order chi connectivity index (χ1) is 13.6. The van der Waals surface area contributed by atoms with Gasteiger partial charge in [0, 0.05) is 6.08 Å². The number of hydrogen-bond donors (Lipinski definition) is 1. The third-order valence-electron chi connectivity index (χ3n) is 4.12. The van der Waals surface area contributed by atoms with Crippen molar-refractivity contribution in [3.05, 3.63) is 82.8 Å². The average molecular weight is 383 g/mol. The van der Waals surface area contributed by atoms with Crippen molar-refractivity contribution in [2.75, 3.05) is 0 Å². The van der Waals surface area contributed by atoms with E-state index in [4.69, 9.17) is 5.11 Å². The van der Waals surface area contributed by atoms with E-state index in [2.05, 4.69) is 17.1 Å². The molecule has 1 atom stereocenters. The Balaban J connectivity index is 0.000000311. The molecule has 0 saturated carbocycles. The van der Waals surface area contributed by atoms with Gasteiger partial charge in [0.15, 0.2) is 5.34 Å². The van der Waals surface area contributed by atoms with Crippen molar-refractivity contribution >= 4 is 11.5 Å². The quantitative estimate of drug-likeness (QED) is 0.228. The number of unbranched alkanes of at least 4 members (excludes halogenated alkanes) is 3. The number of rotatable bonds is 10. The van der Waals surface area contributed by atoms with E-state index in [-0.39, 0.29) is 6.10 Å². The summed E-state index contributed by atoms with van der Waals surface area (Å²) in [4.78, 5) is 25.0. The maximum atomic E-state index is 10.9. The van der Waals surface area contributed by atoms with Crippen molar-refractivity contribution in [1.29, 1.82) is 0 Å². The number of benzene rings is 2. The topological polar surface area (TPSA) is 76.0 Å². The normalized spacial score (nSPS) is 10.8. The van der Waals surface area contributed by atoms with Gasteiger partial charge in [0.1, 0.15) is 6.10 Å². The standard InChI is InChI=1S/C15H12O2.C8H17NO2/c16-15(17)11-14(12-7-3-1-4-8-12)13-9-5-2-6-10-13;1-3-4-5-6-7-8(2)11-9-10/h1-11H,(H,16,17);8H,3-7H2,1-2H3. The maximum Gasteiger partial charge on any atom is 0.328 e. The van der Waals surface area contributed by atoms with Crippen LogP contribution in [0.3, 0.4) is 0 Å². The SMILES string of the molecule is CCCCCCC(C)ON=O.O=C(O)C=C(c1ccccc1)c1ccccc1. The second-order valence-electron chi connectivity index (χ2n) is 6.47. The van der Waals surface area contributed by atoms with Crippen LogP contribution in [0.5, 0.6) is 0 Å². The van der Waals surface area contributed by atoms with Gasteiger partial charge >= 0.3 is 5.97 Å². The molecule has 2 aromatic rings. The first-order valence-corrected chi connectivity index (χ1v) is 9.62. The fraction of sp³-hybridized carbons (Fsp3) is 0.348. The molecule has 0 aliphatic carbocycles. The zero-order chi connectivity index (χ0) is 20.6. The number of hydrogen-bond acceptors (Lipinski definition) is 4. The van der Waals surface area contributed by atoms with Gasteiger partial charge in [-0.2, -0.15) is 0 Å². The van der Waals surface area contributed by atoms with Crippen LogP contribution in [0.25, 0.3) is 5.57 Å². The summed E-state index contributed by atoms with van der Waals surface area (Å²) < 4.78 is 0. The number of carboxylic acids is 1. The fourth-order valence-corrected chi connectivity index (χ4v) is 2.68. The Bertz CT molecular complexity index is 672. The third kappa shape index (κ3) is 9.67. The van der Waals surface area contributed by atoms with Crippen molar-refractivity contribution in [1.82, 2.24) is 0 Å². The molecule has 0 spiro atoms. The van der Waals surface area contributed by atoms with Gasteiger partial charge in [0.2, 0.25) is 0 Å². The lowest BCUT2D eigenvalue weighted by Crippen LogP contribution is -2.02. The van der Waals surface area contributed by atoms with Gasteiger partial charge in [-0.3, -0.25) is 0 Å². The molecule has 0 aliphatic heterocycles. The Morgan fingerprint density at radius 2 is 1.54 bits per heavy atom. The lowest BCUT2D eigenvalue weighted by molar-refractivity contribution is -0.131. The molecule has 0 amide bonds. The van der Waals surface area contributed by atoms with Gasteiger partial charge in [-0.25, -0.2) is 4.79 Å². The van der Waals surface area contributed by atoms with Crippen molar-refractivity contribution in [3.63, 3.8) is 0 Å². The summed E-state index contributed by atoms with van der Waals surface area (Å²) in [5.41, 5.74) is 2.53. The van der Waals surface area contributed by atoms with Crippen molar-refractivity contribution in [3.8, 4) is 0 Å². The van der Waals surface area contributed by atoms with Crippen LogP contribution in [0.4, 0.5) is 0 Å². The third-order valence-corrected chi connectivity index (χ3v) is 4.12. The minimum Gasteiger partial charge on any atom is -0.478 e. The highest BCUT2D eigenvalue weighted by Crippen LogP contribution is 2.22. The Morgan fingerprint density at radius 1 is 1.00 bits per heavy atom. The summed E-state index contributed by atoms with van der Waals surface area (Å²) in [5, 5.41) is 11.3. The second-order valence-corrected chi connectivity index (χ2v) is 6.47. The van der Waals surface area contributed by atoms with Gasteiger partial charge in [-0.05, 0) is 36.5 Å². The summed E-state index contributed by atoms with van der Waals surface area (Å²) in [7, 11) is 0. The molecule has 1 N–H and O–H groups in total. The molecule has 0 aromatic heterocycles. The predicted octanol–water partition coefficient (Wildman–Crippen LogP) is 6.25. The van der Waals surface area contributed by atoms with Crippen molar-refractivity contribution < 1.29 is 14.7 Å². The van der Waals surface area contributed by atoms with Crippen LogP contribution >= 0.6 is 0 Å². The lowest BCUT2D eigenvalue weighted by Gasteiger charge is -2.06. The van der Waals surface area contributed by atoms with Crippen LogP contribution in [0.1, 0.15) is 57.1 Å². The molecular weight excluding hydrogens is 354 g/mol. The molecule has 28 heavy (non-hydrogen) atoms. The Kier molecular flexibility index (Phi) is 11.7. The van der Waals surface area contributed by atoms with Gasteiger partial charge < -0.3 is 9.94 Å². The Hall–Kier alpha value is -2.95. The number of carboxylic acid groups (broad SMARTS) is 1. The van der Waals surface area contributed by atoms with Gasteiger partial charge in [-0.1, -0.05) is 86.8 Å². The van der Waals surface area contributed by atoms with Crippen LogP contribution in [0.15, 0.2) is 72.1 Å². The van der Waals surface area contributed by atoms with Crippen LogP contribution in [-0.4, -0.2) is 17.2 Å². The highest BCUT2D eigenvalue weighted by molar-refractivity contribution is 5.95. The molecule has 0 bridgehead atoms. The van der Waals surface area contributed by atoms with Crippen LogP contribution in [0, 0.1) is 4.91 Å². The van der Waals surface area contributed by atoms with Crippen LogP contribution in [-0.2, 0) is 9.63 Å². The first-order valence-electron chi connectivity index (χ1n) is 9.62. The zero-order valence-corrected chi connectivity index (χ0v) is 16.6. The molecule has 2 rings (SSSR count). The lowest BCUT2D eigenvalue weighted by atomic mass is 9.98. The van der Waals surface area contributed by atoms with E-state index in [1.807, 2.05) is 67.6 Å². The second kappa shape index (κ2) is 14.2. The number of carbonyl (C=O) groups is 1. The molecule has 5 heteroatoms. The van der Waals surface area contributed by atoms with Gasteiger partial charge in [0.25, 0.3) is 0 Å². The first kappa shape index (κ1) is 23.1. The fourth-order valence-electron chi connectivity index (χ4n) is 2.68. The van der Waals surface area contributed by atoms with Crippen molar-refractivity contribution in [2.45, 2.75) is 52.1 Å². The highest BCUT2D eigenvalue weighted by atomic mass is 16.7. The van der Waals surface area contributed by atoms with Gasteiger partial charge in [0.05, 0.1) is 0 Å². The molecule has 5 nitrogen and oxygen atoms in total. The average Bonchev–Trinajstić information content (AvgIpc) is 2.71. The van der Waals surface area contributed by atoms with E-state index in [1.54, 1.807) is 0 Å². The monoisotopic (exact) mass is 383 g/mol. The minimum absolute atomic E-state index is 0.00986. The largest absolute Gasteiger partial charge is 0.478 e. The van der Waals surface area contributed by atoms with E-state index in [1.165, 1.54) is 25.3 Å². The van der Waals surface area contributed by atoms with Crippen molar-refractivity contribution in [2.24, 2.45) is 5.34 Å². The van der Waals surface area contributed by atoms with E-state index in [0.717, 1.165) is 29.5 Å². The molecule has 0 radical (unpaired) electrons. The molecule has 0 saturated heterocycles. The van der Waals surface area contributed by atoms with Crippen LogP contribution in [0.2, 0.25) is 0 Å². The Labute approximate surface area is 167 Å². The summed E-state index contributed by atoms with van der Waals surface area (Å²) in [6, 6.07) is 19.0. The Morgan fingerprint density at radius 3 is 1.96 bits per heavy atom. The van der Waals surface area contributed by atoms with E-state index >= 15 is 0 Å². The molecule has 150 valence electrons. The van der Waals surface area contributed by atoms with E-state index in [0.29, 0.717) is 0 Å². The van der Waals surface area contributed by atoms with Crippen LogP contribution < -0.4 is 0 Å². The zero-order valence-electron chi connectivity index (χ0n) is 16.6. The summed E-state index contributed by atoms with van der Waals surface area (Å²) >= 11 is 0. The van der Waals surface area contributed by atoms with E-state index in [9.17, 15) is 9.70 Å². The predicted molar refractivity (Wildman–Crippen MR) is 113 cm³/mol. The summed E-state index contributed by atoms with van der Waals surface area (Å²) in [6.45, 7) is 4.04. The molecule has 0 heterocycles. The molecule has 2 aromatic carbocycles. The molecule has 0 fully saturated rings. The summed E-state index contributed by atoms with van der Waals surface area (Å²) in [5.74, 6) is -0.937. The maximum absolute atomic E-state index is 10.9. The molecule has 0 aliphatic rings.